The SMILES string of the molecule is Cn1cc(CCNS(=O)(=O)c2c(Cl)cc(N)cc2Cl)cn1. The van der Waals surface area contributed by atoms with Crippen molar-refractivity contribution in [2.45, 2.75) is 11.3 Å². The molecule has 1 aromatic heterocycles. The van der Waals surface area contributed by atoms with Gasteiger partial charge in [-0.25, -0.2) is 13.1 Å². The molecule has 1 aromatic carbocycles. The molecule has 0 aliphatic heterocycles. The number of nitrogens with two attached hydrogens (primary N) is 1. The van der Waals surface area contributed by atoms with Crippen LogP contribution in [-0.2, 0) is 23.5 Å². The number of anilines is 1. The standard InChI is InChI=1S/C12H14Cl2N4O2S/c1-18-7-8(6-16-18)2-3-17-21(19,20)12-10(13)4-9(15)5-11(12)14/h4-7,17H,2-3,15H2,1H3. The second kappa shape index (κ2) is 6.23. The fourth-order valence-corrected chi connectivity index (χ4v) is 4.10. The maximum Gasteiger partial charge on any atom is 0.243 e. The lowest BCUT2D eigenvalue weighted by atomic mass is 10.3. The minimum atomic E-state index is -3.80. The fraction of sp³-hybridized carbons (Fsp3) is 0.250. The largest absolute Gasteiger partial charge is 0.399 e. The third kappa shape index (κ3) is 3.88. The van der Waals surface area contributed by atoms with Gasteiger partial charge >= 0.3 is 0 Å². The molecular weight excluding hydrogens is 335 g/mol. The van der Waals surface area contributed by atoms with Gasteiger partial charge in [0.15, 0.2) is 0 Å². The van der Waals surface area contributed by atoms with Crippen molar-refractivity contribution in [3.8, 4) is 0 Å². The van der Waals surface area contributed by atoms with Gasteiger partial charge in [0.2, 0.25) is 10.0 Å². The van der Waals surface area contributed by atoms with Crippen LogP contribution in [0.3, 0.4) is 0 Å². The molecule has 21 heavy (non-hydrogen) atoms. The van der Waals surface area contributed by atoms with Crippen LogP contribution in [0.25, 0.3) is 0 Å². The number of benzene rings is 1. The van der Waals surface area contributed by atoms with E-state index in [1.165, 1.54) is 12.1 Å². The summed E-state index contributed by atoms with van der Waals surface area (Å²) in [5.74, 6) is 0. The predicted octanol–water partition coefficient (Wildman–Crippen LogP) is 1.83. The van der Waals surface area contributed by atoms with E-state index in [1.54, 1.807) is 17.9 Å². The summed E-state index contributed by atoms with van der Waals surface area (Å²) in [5, 5.41) is 4.00. The summed E-state index contributed by atoms with van der Waals surface area (Å²) >= 11 is 11.8. The van der Waals surface area contributed by atoms with Crippen LogP contribution in [0.5, 0.6) is 0 Å². The smallest absolute Gasteiger partial charge is 0.243 e. The monoisotopic (exact) mass is 348 g/mol. The summed E-state index contributed by atoms with van der Waals surface area (Å²) in [7, 11) is -2.01. The number of rotatable bonds is 5. The molecular formula is C12H14Cl2N4O2S. The van der Waals surface area contributed by atoms with E-state index in [0.29, 0.717) is 12.1 Å². The van der Waals surface area contributed by atoms with Crippen LogP contribution in [0, 0.1) is 0 Å². The van der Waals surface area contributed by atoms with Gasteiger partial charge in [-0.1, -0.05) is 23.2 Å². The molecule has 0 spiro atoms. The Morgan fingerprint density at radius 2 is 1.95 bits per heavy atom. The molecule has 6 nitrogen and oxygen atoms in total. The number of aryl methyl sites for hydroxylation is 1. The Balaban J connectivity index is 2.12. The Kier molecular flexibility index (Phi) is 4.77. The van der Waals surface area contributed by atoms with Crippen LogP contribution in [0.15, 0.2) is 29.4 Å². The van der Waals surface area contributed by atoms with E-state index in [2.05, 4.69) is 9.82 Å². The maximum atomic E-state index is 12.2. The van der Waals surface area contributed by atoms with Gasteiger partial charge in [0.05, 0.1) is 16.2 Å². The molecule has 1 heterocycles. The predicted molar refractivity (Wildman–Crippen MR) is 83.0 cm³/mol. The minimum Gasteiger partial charge on any atom is -0.399 e. The average Bonchev–Trinajstić information content (AvgIpc) is 2.72. The average molecular weight is 349 g/mol. The van der Waals surface area contributed by atoms with Crippen LogP contribution < -0.4 is 10.5 Å². The van der Waals surface area contributed by atoms with Crippen molar-refractivity contribution in [3.63, 3.8) is 0 Å². The zero-order valence-corrected chi connectivity index (χ0v) is 13.5. The van der Waals surface area contributed by atoms with Gasteiger partial charge in [0.1, 0.15) is 4.90 Å². The molecule has 2 aromatic rings. The van der Waals surface area contributed by atoms with Crippen molar-refractivity contribution in [1.29, 1.82) is 0 Å². The van der Waals surface area contributed by atoms with E-state index in [-0.39, 0.29) is 21.5 Å². The van der Waals surface area contributed by atoms with E-state index in [4.69, 9.17) is 28.9 Å². The lowest BCUT2D eigenvalue weighted by Gasteiger charge is -2.10. The maximum absolute atomic E-state index is 12.2. The van der Waals surface area contributed by atoms with Crippen molar-refractivity contribution in [2.75, 3.05) is 12.3 Å². The normalized spacial score (nSPS) is 11.8. The van der Waals surface area contributed by atoms with Crippen molar-refractivity contribution >= 4 is 38.9 Å². The number of hydrogen-bond donors (Lipinski definition) is 2. The lowest BCUT2D eigenvalue weighted by Crippen LogP contribution is -2.26. The number of nitrogens with one attached hydrogen (secondary N) is 1. The molecule has 3 N–H and O–H groups in total. The van der Waals surface area contributed by atoms with E-state index in [0.717, 1.165) is 5.56 Å². The van der Waals surface area contributed by atoms with Gasteiger partial charge < -0.3 is 5.73 Å². The quantitative estimate of drug-likeness (QED) is 0.806. The zero-order valence-electron chi connectivity index (χ0n) is 11.2. The Morgan fingerprint density at radius 1 is 1.33 bits per heavy atom. The first-order valence-electron chi connectivity index (χ1n) is 6.01. The molecule has 0 saturated carbocycles. The summed E-state index contributed by atoms with van der Waals surface area (Å²) in [6.45, 7) is 0.213. The van der Waals surface area contributed by atoms with E-state index in [1.807, 2.05) is 6.20 Å². The van der Waals surface area contributed by atoms with Gasteiger partial charge in [0.25, 0.3) is 0 Å². The Bertz CT molecular complexity index is 735. The summed E-state index contributed by atoms with van der Waals surface area (Å²) in [6, 6.07) is 2.70. The van der Waals surface area contributed by atoms with Crippen LogP contribution in [0.2, 0.25) is 10.0 Å². The Labute approximate surface area is 132 Å². The first kappa shape index (κ1) is 16.1. The first-order valence-corrected chi connectivity index (χ1v) is 8.25. The molecule has 2 rings (SSSR count). The zero-order chi connectivity index (χ0) is 15.6. The van der Waals surface area contributed by atoms with Gasteiger partial charge in [0, 0.05) is 25.5 Å². The highest BCUT2D eigenvalue weighted by atomic mass is 35.5. The summed E-state index contributed by atoms with van der Waals surface area (Å²) in [6.07, 6.45) is 4.01. The third-order valence-electron chi connectivity index (χ3n) is 2.75. The molecule has 9 heteroatoms. The number of halogens is 2. The number of hydrogen-bond acceptors (Lipinski definition) is 4. The van der Waals surface area contributed by atoms with Gasteiger partial charge in [-0.05, 0) is 24.1 Å². The van der Waals surface area contributed by atoms with E-state index in [9.17, 15) is 8.42 Å². The van der Waals surface area contributed by atoms with Gasteiger partial charge in [-0.3, -0.25) is 4.68 Å². The van der Waals surface area contributed by atoms with Crippen LogP contribution in [0.1, 0.15) is 5.56 Å². The molecule has 114 valence electrons. The van der Waals surface area contributed by atoms with E-state index < -0.39 is 10.0 Å². The summed E-state index contributed by atoms with van der Waals surface area (Å²) in [4.78, 5) is -0.161. The molecule has 0 saturated heterocycles. The second-order valence-electron chi connectivity index (χ2n) is 4.48. The molecule has 0 radical (unpaired) electrons. The topological polar surface area (TPSA) is 90.0 Å². The molecule has 0 amide bonds. The number of aromatic nitrogens is 2. The fourth-order valence-electron chi connectivity index (χ4n) is 1.84. The number of sulfonamides is 1. The molecule has 0 bridgehead atoms. The van der Waals surface area contributed by atoms with Crippen molar-refractivity contribution in [3.05, 3.63) is 40.1 Å². The molecule has 0 atom stereocenters. The van der Waals surface area contributed by atoms with Crippen molar-refractivity contribution < 1.29 is 8.42 Å². The minimum absolute atomic E-state index is 0.00567. The van der Waals surface area contributed by atoms with Gasteiger partial charge in [-0.2, -0.15) is 5.10 Å². The highest BCUT2D eigenvalue weighted by molar-refractivity contribution is 7.89. The van der Waals surface area contributed by atoms with Crippen LogP contribution >= 0.6 is 23.2 Å². The van der Waals surface area contributed by atoms with Crippen molar-refractivity contribution in [2.24, 2.45) is 7.05 Å². The first-order chi connectivity index (χ1) is 9.79. The Morgan fingerprint density at radius 3 is 2.48 bits per heavy atom. The summed E-state index contributed by atoms with van der Waals surface area (Å²) in [5.41, 5.74) is 6.79. The Hall–Kier alpha value is -1.28. The third-order valence-corrected chi connectivity index (χ3v) is 5.14. The summed E-state index contributed by atoms with van der Waals surface area (Å²) < 4.78 is 28.6. The molecule has 0 fully saturated rings. The van der Waals surface area contributed by atoms with Gasteiger partial charge in [-0.15, -0.1) is 0 Å². The highest BCUT2D eigenvalue weighted by Gasteiger charge is 2.21. The molecule has 0 aliphatic rings. The second-order valence-corrected chi connectivity index (χ2v) is 7.00. The number of nitrogen functional groups attached to an aromatic ring is 1. The van der Waals surface area contributed by atoms with E-state index >= 15 is 0 Å². The molecule has 0 aliphatic carbocycles. The molecule has 0 unspecified atom stereocenters. The van der Waals surface area contributed by atoms with Crippen molar-refractivity contribution in [1.82, 2.24) is 14.5 Å². The van der Waals surface area contributed by atoms with Crippen LogP contribution in [-0.4, -0.2) is 24.7 Å². The highest BCUT2D eigenvalue weighted by Crippen LogP contribution is 2.31. The van der Waals surface area contributed by atoms with Crippen LogP contribution in [0.4, 0.5) is 5.69 Å². The lowest BCUT2D eigenvalue weighted by molar-refractivity contribution is 0.582. The number of nitrogens with zero attached hydrogens (tertiary/aromatic N) is 2.